The molecule has 0 rings (SSSR count). The zero-order chi connectivity index (χ0) is 11.4. The van der Waals surface area contributed by atoms with Gasteiger partial charge in [-0.15, -0.1) is 0 Å². The lowest BCUT2D eigenvalue weighted by Gasteiger charge is -2.06. The van der Waals surface area contributed by atoms with Gasteiger partial charge in [-0.3, -0.25) is 4.28 Å². The standard InChI is InChI=1S/C5H7BF3NO3S/c1-2-4(5(7,8)9)10-13-14(11,12)3-6/h2-3H2,1H3. The Kier molecular flexibility index (Phi) is 4.43. The van der Waals surface area contributed by atoms with E-state index in [4.69, 9.17) is 0 Å². The van der Waals surface area contributed by atoms with Gasteiger partial charge in [0.2, 0.25) is 0 Å². The lowest BCUT2D eigenvalue weighted by atomic mass is 10.2. The van der Waals surface area contributed by atoms with Crippen molar-refractivity contribution in [3.05, 3.63) is 0 Å². The van der Waals surface area contributed by atoms with Crippen LogP contribution in [0.1, 0.15) is 13.3 Å². The quantitative estimate of drug-likeness (QED) is 0.406. The van der Waals surface area contributed by atoms with Gasteiger partial charge >= 0.3 is 16.3 Å². The van der Waals surface area contributed by atoms with Crippen LogP contribution in [-0.4, -0.2) is 33.8 Å². The van der Waals surface area contributed by atoms with E-state index in [-0.39, 0.29) is 0 Å². The number of oxime groups is 1. The fourth-order valence-electron chi connectivity index (χ4n) is 0.449. The predicted molar refractivity (Wildman–Crippen MR) is 44.4 cm³/mol. The van der Waals surface area contributed by atoms with Crippen molar-refractivity contribution in [3.63, 3.8) is 0 Å². The summed E-state index contributed by atoms with van der Waals surface area (Å²) in [5.41, 5.74) is -2.24. The van der Waals surface area contributed by atoms with Crippen molar-refractivity contribution >= 4 is 23.7 Å². The van der Waals surface area contributed by atoms with E-state index in [0.29, 0.717) is 0 Å². The summed E-state index contributed by atoms with van der Waals surface area (Å²) in [7, 11) is 0.485. The molecule has 0 aromatic carbocycles. The Morgan fingerprint density at radius 2 is 2.00 bits per heavy atom. The lowest BCUT2D eigenvalue weighted by molar-refractivity contribution is -0.0620. The summed E-state index contributed by atoms with van der Waals surface area (Å²) < 4.78 is 60.6. The predicted octanol–water partition coefficient (Wildman–Crippen LogP) is 0.787. The molecule has 0 fully saturated rings. The van der Waals surface area contributed by atoms with Crippen molar-refractivity contribution < 1.29 is 25.9 Å². The Morgan fingerprint density at radius 3 is 2.29 bits per heavy atom. The molecule has 0 aromatic heterocycles. The molecule has 2 radical (unpaired) electrons. The molecule has 0 bridgehead atoms. The van der Waals surface area contributed by atoms with Gasteiger partial charge in [0.05, 0.1) is 7.85 Å². The zero-order valence-electron chi connectivity index (χ0n) is 7.21. The summed E-state index contributed by atoms with van der Waals surface area (Å²) in [6.45, 7) is 1.17. The Bertz CT molecular complexity index is 311. The molecule has 0 spiro atoms. The second-order valence-corrected chi connectivity index (χ2v) is 3.79. The van der Waals surface area contributed by atoms with E-state index >= 15 is 0 Å². The van der Waals surface area contributed by atoms with Gasteiger partial charge in [-0.2, -0.15) is 21.6 Å². The summed E-state index contributed by atoms with van der Waals surface area (Å²) in [5, 5.41) is 2.48. The minimum Gasteiger partial charge on any atom is -0.269 e. The van der Waals surface area contributed by atoms with Gasteiger partial charge < -0.3 is 0 Å². The van der Waals surface area contributed by atoms with Crippen molar-refractivity contribution in [2.45, 2.75) is 19.5 Å². The lowest BCUT2D eigenvalue weighted by Crippen LogP contribution is -2.23. The van der Waals surface area contributed by atoms with Crippen LogP contribution in [-0.2, 0) is 14.4 Å². The second kappa shape index (κ2) is 4.67. The Morgan fingerprint density at radius 1 is 1.50 bits per heavy atom. The third kappa shape index (κ3) is 4.49. The molecule has 80 valence electrons. The fraction of sp³-hybridized carbons (Fsp3) is 0.800. The summed E-state index contributed by atoms with van der Waals surface area (Å²) in [4.78, 5) is 0. The van der Waals surface area contributed by atoms with Crippen LogP contribution in [0.25, 0.3) is 0 Å². The van der Waals surface area contributed by atoms with Crippen LogP contribution >= 0.6 is 0 Å². The number of rotatable bonds is 4. The second-order valence-electron chi connectivity index (χ2n) is 2.19. The molecule has 0 aliphatic carbocycles. The van der Waals surface area contributed by atoms with Crippen molar-refractivity contribution in [3.8, 4) is 0 Å². The van der Waals surface area contributed by atoms with Gasteiger partial charge in [0.1, 0.15) is 0 Å². The average Bonchev–Trinajstić information content (AvgIpc) is 2.03. The van der Waals surface area contributed by atoms with E-state index in [0.717, 1.165) is 0 Å². The molecule has 0 N–H and O–H groups in total. The van der Waals surface area contributed by atoms with Gasteiger partial charge in [0.25, 0.3) is 0 Å². The van der Waals surface area contributed by atoms with Gasteiger partial charge in [-0.1, -0.05) is 12.1 Å². The molecule has 0 atom stereocenters. The monoisotopic (exact) mass is 229 g/mol. The summed E-state index contributed by atoms with van der Waals surface area (Å²) in [6.07, 6.45) is -5.18. The molecule has 0 saturated heterocycles. The number of hydrogen-bond donors (Lipinski definition) is 0. The van der Waals surface area contributed by atoms with E-state index < -0.39 is 34.1 Å². The van der Waals surface area contributed by atoms with Crippen LogP contribution in [0.2, 0.25) is 0 Å². The topological polar surface area (TPSA) is 55.7 Å². The van der Waals surface area contributed by atoms with Crippen molar-refractivity contribution in [1.82, 2.24) is 0 Å². The maximum absolute atomic E-state index is 12.0. The van der Waals surface area contributed by atoms with Crippen LogP contribution in [0.5, 0.6) is 0 Å². The van der Waals surface area contributed by atoms with Crippen LogP contribution in [0.4, 0.5) is 13.2 Å². The molecule has 0 aliphatic rings. The molecule has 14 heavy (non-hydrogen) atoms. The van der Waals surface area contributed by atoms with E-state index in [2.05, 4.69) is 17.3 Å². The van der Waals surface area contributed by atoms with E-state index in [1.807, 2.05) is 0 Å². The normalized spacial score (nSPS) is 14.1. The minimum absolute atomic E-state index is 0.483. The third-order valence-corrected chi connectivity index (χ3v) is 1.84. The van der Waals surface area contributed by atoms with Gasteiger partial charge in [0.15, 0.2) is 5.71 Å². The van der Waals surface area contributed by atoms with Crippen LogP contribution < -0.4 is 0 Å². The highest BCUT2D eigenvalue weighted by atomic mass is 32.2. The Hall–Kier alpha value is -0.725. The van der Waals surface area contributed by atoms with Gasteiger partial charge in [0, 0.05) is 5.65 Å². The molecule has 0 saturated carbocycles. The largest absolute Gasteiger partial charge is 0.432 e. The van der Waals surface area contributed by atoms with Crippen LogP contribution in [0, 0.1) is 0 Å². The number of halogens is 3. The highest BCUT2D eigenvalue weighted by molar-refractivity contribution is 7.87. The Labute approximate surface area is 80.6 Å². The maximum Gasteiger partial charge on any atom is 0.432 e. The molecular weight excluding hydrogens is 222 g/mol. The highest BCUT2D eigenvalue weighted by Gasteiger charge is 2.35. The van der Waals surface area contributed by atoms with Crippen LogP contribution in [0.15, 0.2) is 5.16 Å². The number of hydrogen-bond acceptors (Lipinski definition) is 4. The smallest absolute Gasteiger partial charge is 0.269 e. The Balaban J connectivity index is 4.66. The first-order chi connectivity index (χ1) is 6.23. The number of nitrogens with zero attached hydrogens (tertiary/aromatic N) is 1. The van der Waals surface area contributed by atoms with E-state index in [1.165, 1.54) is 6.92 Å². The summed E-state index contributed by atoms with van der Waals surface area (Å²) in [5.74, 6) is 0. The first kappa shape index (κ1) is 13.3. The van der Waals surface area contributed by atoms with Crippen molar-refractivity contribution in [2.75, 3.05) is 5.65 Å². The molecule has 0 aromatic rings. The van der Waals surface area contributed by atoms with E-state index in [9.17, 15) is 21.6 Å². The molecule has 0 heterocycles. The fourth-order valence-corrected chi connectivity index (χ4v) is 0.713. The van der Waals surface area contributed by atoms with Crippen molar-refractivity contribution in [2.24, 2.45) is 5.16 Å². The minimum atomic E-state index is -4.70. The summed E-state index contributed by atoms with van der Waals surface area (Å²) in [6, 6.07) is 0. The maximum atomic E-state index is 12.0. The first-order valence-corrected chi connectivity index (χ1v) is 5.06. The zero-order valence-corrected chi connectivity index (χ0v) is 8.02. The number of alkyl halides is 3. The molecule has 4 nitrogen and oxygen atoms in total. The average molecular weight is 229 g/mol. The molecule has 9 heteroatoms. The molecular formula is C5H7BF3NO3S. The van der Waals surface area contributed by atoms with Gasteiger partial charge in [-0.05, 0) is 6.42 Å². The first-order valence-electron chi connectivity index (χ1n) is 3.48. The third-order valence-electron chi connectivity index (χ3n) is 1.13. The SMILES string of the molecule is [B]CS(=O)(=O)ON=C(CC)C(F)(F)F. The van der Waals surface area contributed by atoms with E-state index in [1.54, 1.807) is 0 Å². The van der Waals surface area contributed by atoms with Gasteiger partial charge in [-0.25, -0.2) is 0 Å². The summed E-state index contributed by atoms with van der Waals surface area (Å²) >= 11 is 0. The van der Waals surface area contributed by atoms with Crippen molar-refractivity contribution in [1.29, 1.82) is 0 Å². The van der Waals surface area contributed by atoms with Crippen LogP contribution in [0.3, 0.4) is 0 Å². The molecule has 0 aliphatic heterocycles. The molecule has 0 unspecified atom stereocenters. The highest BCUT2D eigenvalue weighted by Crippen LogP contribution is 2.19. The molecule has 0 amide bonds.